The second kappa shape index (κ2) is 4.56. The first-order valence-electron chi connectivity index (χ1n) is 2.94. The summed E-state index contributed by atoms with van der Waals surface area (Å²) in [6.07, 6.45) is 0. The van der Waals surface area contributed by atoms with Crippen molar-refractivity contribution in [3.63, 3.8) is 0 Å². The lowest BCUT2D eigenvalue weighted by Gasteiger charge is -1.99. The molecule has 0 rings (SSSR count). The van der Waals surface area contributed by atoms with E-state index in [1.807, 2.05) is 0 Å². The molecule has 0 N–H and O–H groups in total. The topological polar surface area (TPSA) is 60.4 Å². The van der Waals surface area contributed by atoms with Crippen LogP contribution in [0.5, 0.6) is 0 Å². The molecule has 11 heavy (non-hydrogen) atoms. The maximum Gasteiger partial charge on any atom is 0.321 e. The van der Waals surface area contributed by atoms with Gasteiger partial charge in [0.1, 0.15) is 11.0 Å². The first kappa shape index (κ1) is 10.7. The van der Waals surface area contributed by atoms with E-state index < -0.39 is 26.8 Å². The third-order valence-corrected chi connectivity index (χ3v) is 2.81. The monoisotopic (exact) mass is 200 g/mol. The molecule has 0 spiro atoms. The molecule has 0 amide bonds. The summed E-state index contributed by atoms with van der Waals surface area (Å²) in [6.45, 7) is 1.78. The molecule has 0 aromatic carbocycles. The van der Waals surface area contributed by atoms with Crippen LogP contribution in [-0.4, -0.2) is 32.0 Å². The van der Waals surface area contributed by atoms with E-state index in [0.717, 1.165) is 0 Å². The van der Waals surface area contributed by atoms with Crippen LogP contribution in [0.3, 0.4) is 0 Å². The Hall–Kier alpha value is -0.290. The van der Waals surface area contributed by atoms with E-state index in [4.69, 9.17) is 11.6 Å². The molecule has 0 aliphatic rings. The number of esters is 1. The molecule has 6 heteroatoms. The predicted octanol–water partition coefficient (Wildman–Crippen LogP) is 0.161. The van der Waals surface area contributed by atoms with Crippen molar-refractivity contribution in [2.45, 2.75) is 6.92 Å². The zero-order valence-electron chi connectivity index (χ0n) is 6.04. The maximum absolute atomic E-state index is 10.7. The average molecular weight is 201 g/mol. The third-order valence-electron chi connectivity index (χ3n) is 0.809. The Kier molecular flexibility index (Phi) is 4.44. The van der Waals surface area contributed by atoms with Crippen LogP contribution >= 0.6 is 11.6 Å². The van der Waals surface area contributed by atoms with Gasteiger partial charge < -0.3 is 4.74 Å². The fourth-order valence-electron chi connectivity index (χ4n) is 0.421. The minimum absolute atomic E-state index is 0.177. The van der Waals surface area contributed by atoms with Crippen molar-refractivity contribution in [1.82, 2.24) is 0 Å². The molecular formula is C5H9ClO4S. The Morgan fingerprint density at radius 1 is 1.55 bits per heavy atom. The van der Waals surface area contributed by atoms with Gasteiger partial charge in [-0.05, 0) is 6.92 Å². The molecule has 0 fully saturated rings. The SMILES string of the molecule is CCOC(=O)CS(=O)(=O)CCl. The van der Waals surface area contributed by atoms with Gasteiger partial charge >= 0.3 is 5.97 Å². The summed E-state index contributed by atoms with van der Waals surface area (Å²) >= 11 is 5.04. The van der Waals surface area contributed by atoms with E-state index in [1.54, 1.807) is 6.92 Å². The van der Waals surface area contributed by atoms with Crippen molar-refractivity contribution < 1.29 is 17.9 Å². The van der Waals surface area contributed by atoms with Gasteiger partial charge in [0.15, 0.2) is 9.84 Å². The number of carbonyl (C=O) groups is 1. The van der Waals surface area contributed by atoms with Crippen molar-refractivity contribution >= 4 is 27.4 Å². The van der Waals surface area contributed by atoms with Gasteiger partial charge in [0.2, 0.25) is 0 Å². The molecule has 0 aliphatic carbocycles. The molecule has 0 saturated carbocycles. The zero-order chi connectivity index (χ0) is 8.91. The number of carbonyl (C=O) groups excluding carboxylic acids is 1. The van der Waals surface area contributed by atoms with Crippen LogP contribution in [-0.2, 0) is 19.4 Å². The number of ether oxygens (including phenoxy) is 1. The number of alkyl halides is 1. The summed E-state index contributed by atoms with van der Waals surface area (Å²) in [5.74, 6) is -1.39. The van der Waals surface area contributed by atoms with Crippen LogP contribution in [0.4, 0.5) is 0 Å². The molecule has 0 heterocycles. The Morgan fingerprint density at radius 3 is 2.45 bits per heavy atom. The number of sulfone groups is 1. The lowest BCUT2D eigenvalue weighted by Crippen LogP contribution is -2.19. The van der Waals surface area contributed by atoms with Crippen molar-refractivity contribution in [2.75, 3.05) is 17.6 Å². The first-order chi connectivity index (χ1) is 5.02. The minimum Gasteiger partial charge on any atom is -0.465 e. The summed E-state index contributed by atoms with van der Waals surface area (Å²) in [7, 11) is -3.45. The van der Waals surface area contributed by atoms with Gasteiger partial charge in [0.05, 0.1) is 6.61 Å². The van der Waals surface area contributed by atoms with Crippen molar-refractivity contribution in [1.29, 1.82) is 0 Å². The largest absolute Gasteiger partial charge is 0.465 e. The summed E-state index contributed by atoms with van der Waals surface area (Å²) < 4.78 is 25.7. The van der Waals surface area contributed by atoms with E-state index >= 15 is 0 Å². The highest BCUT2D eigenvalue weighted by molar-refractivity contribution is 7.93. The lowest BCUT2D eigenvalue weighted by atomic mass is 10.8. The Labute approximate surface area is 70.4 Å². The smallest absolute Gasteiger partial charge is 0.321 e. The summed E-state index contributed by atoms with van der Waals surface area (Å²) in [4.78, 5) is 10.6. The van der Waals surface area contributed by atoms with Gasteiger partial charge in [-0.3, -0.25) is 4.79 Å². The number of hydrogen-bond acceptors (Lipinski definition) is 4. The highest BCUT2D eigenvalue weighted by Gasteiger charge is 2.15. The van der Waals surface area contributed by atoms with Gasteiger partial charge in [0.25, 0.3) is 0 Å². The quantitative estimate of drug-likeness (QED) is 0.479. The molecule has 0 saturated heterocycles. The maximum atomic E-state index is 10.7. The molecular weight excluding hydrogens is 192 g/mol. The van der Waals surface area contributed by atoms with Gasteiger partial charge in [-0.15, -0.1) is 11.6 Å². The zero-order valence-corrected chi connectivity index (χ0v) is 7.61. The highest BCUT2D eigenvalue weighted by atomic mass is 35.5. The molecule has 0 bridgehead atoms. The van der Waals surface area contributed by atoms with Gasteiger partial charge in [-0.25, -0.2) is 8.42 Å². The van der Waals surface area contributed by atoms with Crippen LogP contribution in [0, 0.1) is 0 Å². The van der Waals surface area contributed by atoms with E-state index in [2.05, 4.69) is 4.74 Å². The minimum atomic E-state index is -3.45. The molecule has 0 aromatic heterocycles. The highest BCUT2D eigenvalue weighted by Crippen LogP contribution is 1.94. The summed E-state index contributed by atoms with van der Waals surface area (Å²) in [6, 6.07) is 0. The number of halogens is 1. The molecule has 0 aliphatic heterocycles. The fraction of sp³-hybridized carbons (Fsp3) is 0.800. The van der Waals surface area contributed by atoms with Crippen LogP contribution < -0.4 is 0 Å². The molecule has 4 nitrogen and oxygen atoms in total. The van der Waals surface area contributed by atoms with Crippen molar-refractivity contribution in [3.8, 4) is 0 Å². The Morgan fingerprint density at radius 2 is 2.09 bits per heavy atom. The number of hydrogen-bond donors (Lipinski definition) is 0. The predicted molar refractivity (Wildman–Crippen MR) is 41.1 cm³/mol. The van der Waals surface area contributed by atoms with E-state index in [0.29, 0.717) is 0 Å². The van der Waals surface area contributed by atoms with Gasteiger partial charge in [-0.2, -0.15) is 0 Å². The molecule has 0 radical (unpaired) electrons. The third kappa shape index (κ3) is 5.03. The van der Waals surface area contributed by atoms with E-state index in [9.17, 15) is 13.2 Å². The molecule has 0 aromatic rings. The molecule has 66 valence electrons. The van der Waals surface area contributed by atoms with Crippen LogP contribution in [0.1, 0.15) is 6.92 Å². The second-order valence-electron chi connectivity index (χ2n) is 1.80. The summed E-state index contributed by atoms with van der Waals surface area (Å²) in [5, 5.41) is -0.550. The van der Waals surface area contributed by atoms with Crippen LogP contribution in [0.15, 0.2) is 0 Å². The number of rotatable bonds is 4. The van der Waals surface area contributed by atoms with Crippen molar-refractivity contribution in [3.05, 3.63) is 0 Å². The second-order valence-corrected chi connectivity index (χ2v) is 4.45. The standard InChI is InChI=1S/C5H9ClO4S/c1-2-10-5(7)3-11(8,9)4-6/h2-4H2,1H3. The normalized spacial score (nSPS) is 11.1. The molecule has 0 atom stereocenters. The van der Waals surface area contributed by atoms with Crippen molar-refractivity contribution in [2.24, 2.45) is 0 Å². The van der Waals surface area contributed by atoms with Gasteiger partial charge in [-0.1, -0.05) is 0 Å². The molecule has 0 unspecified atom stereocenters. The van der Waals surface area contributed by atoms with Gasteiger partial charge in [0, 0.05) is 0 Å². The summed E-state index contributed by atoms with van der Waals surface area (Å²) in [5.41, 5.74) is 0. The van der Waals surface area contributed by atoms with Crippen LogP contribution in [0.25, 0.3) is 0 Å². The fourth-order valence-corrected chi connectivity index (χ4v) is 1.17. The van der Waals surface area contributed by atoms with Crippen LogP contribution in [0.2, 0.25) is 0 Å². The lowest BCUT2D eigenvalue weighted by molar-refractivity contribution is -0.139. The van der Waals surface area contributed by atoms with E-state index in [1.165, 1.54) is 0 Å². The Balaban J connectivity index is 3.95. The van der Waals surface area contributed by atoms with E-state index in [-0.39, 0.29) is 6.61 Å². The average Bonchev–Trinajstić information content (AvgIpc) is 1.87. The first-order valence-corrected chi connectivity index (χ1v) is 5.29. The Bertz CT molecular complexity index is 221.